The van der Waals surface area contributed by atoms with E-state index in [4.69, 9.17) is 14.9 Å². The average molecular weight is 467 g/mol. The number of anilines is 1. The minimum atomic E-state index is -0.498. The third-order valence-electron chi connectivity index (χ3n) is 6.20. The van der Waals surface area contributed by atoms with Crippen LogP contribution < -0.4 is 15.5 Å². The van der Waals surface area contributed by atoms with Crippen LogP contribution in [0.2, 0.25) is 0 Å². The summed E-state index contributed by atoms with van der Waals surface area (Å²) in [4.78, 5) is 18.0. The minimum absolute atomic E-state index is 0.0265. The highest BCUT2D eigenvalue weighted by atomic mass is 16.5. The summed E-state index contributed by atoms with van der Waals surface area (Å²) in [6.45, 7) is 7.44. The number of rotatable bonds is 8. The predicted molar refractivity (Wildman–Crippen MR) is 135 cm³/mol. The van der Waals surface area contributed by atoms with Gasteiger partial charge in [-0.25, -0.2) is 4.79 Å². The fourth-order valence-electron chi connectivity index (χ4n) is 4.45. The lowest BCUT2D eigenvalue weighted by atomic mass is 10.1. The van der Waals surface area contributed by atoms with Crippen LogP contribution in [0.25, 0.3) is 10.9 Å². The number of nitrogens with one attached hydrogen (secondary N) is 4. The summed E-state index contributed by atoms with van der Waals surface area (Å²) < 4.78 is 12.9. The molecule has 182 valence electrons. The van der Waals surface area contributed by atoms with Crippen molar-refractivity contribution in [2.75, 3.05) is 44.0 Å². The normalized spacial score (nSPS) is 14.2. The molecule has 34 heavy (non-hydrogen) atoms. The molecule has 0 aliphatic carbocycles. The summed E-state index contributed by atoms with van der Waals surface area (Å²) in [7, 11) is 1.74. The van der Waals surface area contributed by atoms with E-state index in [2.05, 4.69) is 20.6 Å². The molecule has 0 radical (unpaired) electrons. The van der Waals surface area contributed by atoms with Crippen LogP contribution in [0, 0.1) is 19.3 Å². The van der Waals surface area contributed by atoms with Crippen molar-refractivity contribution in [2.24, 2.45) is 0 Å². The number of likely N-dealkylation sites (tertiary alicyclic amines) is 1. The van der Waals surface area contributed by atoms with Gasteiger partial charge in [-0.05, 0) is 70.5 Å². The Balaban J connectivity index is 1.35. The van der Waals surface area contributed by atoms with Crippen molar-refractivity contribution in [3.8, 4) is 5.75 Å². The molecule has 0 unspecified atom stereocenters. The largest absolute Gasteiger partial charge is 0.449 e. The SMILES string of the molecule is CNn1cc(NC(=O)OCCCN2CCCCC2)c(C)c1C(=N)Oc1ccc2[nH]c(C)cc2c1. The van der Waals surface area contributed by atoms with Crippen LogP contribution in [0.5, 0.6) is 5.75 Å². The third-order valence-corrected chi connectivity index (χ3v) is 6.20. The molecule has 1 fully saturated rings. The van der Waals surface area contributed by atoms with Crippen LogP contribution >= 0.6 is 0 Å². The van der Waals surface area contributed by atoms with Gasteiger partial charge in [0.25, 0.3) is 0 Å². The summed E-state index contributed by atoms with van der Waals surface area (Å²) in [5, 5.41) is 12.4. The van der Waals surface area contributed by atoms with E-state index in [1.54, 1.807) is 17.9 Å². The number of amides is 1. The number of hydrogen-bond acceptors (Lipinski definition) is 6. The van der Waals surface area contributed by atoms with Crippen LogP contribution in [0.3, 0.4) is 0 Å². The van der Waals surface area contributed by atoms with Gasteiger partial charge in [0.2, 0.25) is 5.90 Å². The molecule has 0 atom stereocenters. The number of H-pyrrole nitrogens is 1. The number of nitrogens with zero attached hydrogens (tertiary/aromatic N) is 2. The Kier molecular flexibility index (Phi) is 7.42. The van der Waals surface area contributed by atoms with E-state index in [1.807, 2.05) is 38.1 Å². The Labute approximate surface area is 199 Å². The number of carbonyl (C=O) groups is 1. The number of hydrogen-bond donors (Lipinski definition) is 4. The maximum atomic E-state index is 12.3. The number of aromatic nitrogens is 2. The molecule has 1 aromatic carbocycles. The highest BCUT2D eigenvalue weighted by Crippen LogP contribution is 2.25. The second-order valence-corrected chi connectivity index (χ2v) is 8.76. The number of fused-ring (bicyclic) bond motifs is 1. The highest BCUT2D eigenvalue weighted by molar-refractivity contribution is 5.97. The molecular weight excluding hydrogens is 432 g/mol. The average Bonchev–Trinajstić information content (AvgIpc) is 3.35. The Morgan fingerprint density at radius 1 is 1.18 bits per heavy atom. The van der Waals surface area contributed by atoms with Crippen molar-refractivity contribution in [1.29, 1.82) is 5.41 Å². The Morgan fingerprint density at radius 3 is 2.74 bits per heavy atom. The molecule has 3 heterocycles. The van der Waals surface area contributed by atoms with Crippen molar-refractivity contribution >= 4 is 28.6 Å². The van der Waals surface area contributed by atoms with Gasteiger partial charge in [-0.2, -0.15) is 0 Å². The molecular formula is C25H34N6O3. The van der Waals surface area contributed by atoms with Gasteiger partial charge in [-0.3, -0.25) is 15.4 Å². The molecule has 1 aliphatic heterocycles. The molecule has 2 aromatic heterocycles. The quantitative estimate of drug-likeness (QED) is 0.221. The van der Waals surface area contributed by atoms with E-state index >= 15 is 0 Å². The summed E-state index contributed by atoms with van der Waals surface area (Å²) in [5.74, 6) is 0.545. The molecule has 0 spiro atoms. The highest BCUT2D eigenvalue weighted by Gasteiger charge is 2.20. The van der Waals surface area contributed by atoms with Crippen molar-refractivity contribution in [2.45, 2.75) is 39.5 Å². The maximum absolute atomic E-state index is 12.3. The van der Waals surface area contributed by atoms with E-state index in [0.717, 1.165) is 42.7 Å². The monoisotopic (exact) mass is 466 g/mol. The van der Waals surface area contributed by atoms with Crippen molar-refractivity contribution in [1.82, 2.24) is 14.6 Å². The maximum Gasteiger partial charge on any atom is 0.411 e. The number of piperidine rings is 1. The zero-order valence-electron chi connectivity index (χ0n) is 20.2. The van der Waals surface area contributed by atoms with Gasteiger partial charge in [-0.1, -0.05) is 6.42 Å². The fourth-order valence-corrected chi connectivity index (χ4v) is 4.45. The van der Waals surface area contributed by atoms with Crippen LogP contribution in [-0.4, -0.2) is 59.8 Å². The zero-order chi connectivity index (χ0) is 24.1. The molecule has 1 aliphatic rings. The zero-order valence-corrected chi connectivity index (χ0v) is 20.2. The van der Waals surface area contributed by atoms with Crippen LogP contribution in [0.15, 0.2) is 30.5 Å². The molecule has 1 amide bonds. The first-order chi connectivity index (χ1) is 16.4. The van der Waals surface area contributed by atoms with E-state index < -0.39 is 6.09 Å². The second kappa shape index (κ2) is 10.6. The van der Waals surface area contributed by atoms with Gasteiger partial charge in [-0.15, -0.1) is 0 Å². The molecule has 0 bridgehead atoms. The van der Waals surface area contributed by atoms with Gasteiger partial charge in [0, 0.05) is 35.8 Å². The summed E-state index contributed by atoms with van der Waals surface area (Å²) in [5.41, 5.74) is 6.90. The van der Waals surface area contributed by atoms with Gasteiger partial charge >= 0.3 is 6.09 Å². The second-order valence-electron chi connectivity index (χ2n) is 8.76. The Hall–Kier alpha value is -3.46. The molecule has 9 nitrogen and oxygen atoms in total. The first kappa shape index (κ1) is 23.7. The van der Waals surface area contributed by atoms with Gasteiger partial charge in [0.1, 0.15) is 11.4 Å². The number of aromatic amines is 1. The van der Waals surface area contributed by atoms with Crippen LogP contribution in [-0.2, 0) is 4.74 Å². The van der Waals surface area contributed by atoms with Gasteiger partial charge in [0.15, 0.2) is 0 Å². The standard InChI is InChI=1S/C25H34N6O3/c1-17-14-19-15-20(8-9-21(19)28-17)34-24(26)23-18(2)22(16-31(23)27-3)29-25(32)33-13-7-12-30-10-5-4-6-11-30/h8-9,14-16,26-28H,4-7,10-13H2,1-3H3,(H,29,32). The molecule has 4 N–H and O–H groups in total. The van der Waals surface area contributed by atoms with Crippen molar-refractivity contribution < 1.29 is 14.3 Å². The Morgan fingerprint density at radius 2 is 1.97 bits per heavy atom. The number of benzene rings is 1. The van der Waals surface area contributed by atoms with E-state index in [1.165, 1.54) is 19.3 Å². The number of carbonyl (C=O) groups excluding carboxylic acids is 1. The van der Waals surface area contributed by atoms with Crippen LogP contribution in [0.4, 0.5) is 10.5 Å². The van der Waals surface area contributed by atoms with Crippen molar-refractivity contribution in [3.05, 3.63) is 47.4 Å². The fraction of sp³-hybridized carbons (Fsp3) is 0.440. The summed E-state index contributed by atoms with van der Waals surface area (Å²) in [6.07, 6.45) is 5.86. The lowest BCUT2D eigenvalue weighted by Crippen LogP contribution is -2.31. The van der Waals surface area contributed by atoms with Gasteiger partial charge in [0.05, 0.1) is 18.5 Å². The molecule has 4 rings (SSSR count). The number of ether oxygens (including phenoxy) is 2. The van der Waals surface area contributed by atoms with Crippen LogP contribution in [0.1, 0.15) is 42.6 Å². The third kappa shape index (κ3) is 5.53. The first-order valence-electron chi connectivity index (χ1n) is 11.9. The summed E-state index contributed by atoms with van der Waals surface area (Å²) >= 11 is 0. The molecule has 9 heteroatoms. The summed E-state index contributed by atoms with van der Waals surface area (Å²) in [6, 6.07) is 7.70. The topological polar surface area (TPSA) is 107 Å². The van der Waals surface area contributed by atoms with E-state index in [-0.39, 0.29) is 5.90 Å². The Bertz CT molecular complexity index is 1160. The minimum Gasteiger partial charge on any atom is -0.449 e. The molecule has 3 aromatic rings. The first-order valence-corrected chi connectivity index (χ1v) is 11.9. The van der Waals surface area contributed by atoms with E-state index in [9.17, 15) is 4.79 Å². The molecule has 1 saturated heterocycles. The number of aryl methyl sites for hydroxylation is 1. The lowest BCUT2D eigenvalue weighted by molar-refractivity contribution is 0.148. The smallest absolute Gasteiger partial charge is 0.411 e. The molecule has 0 saturated carbocycles. The predicted octanol–water partition coefficient (Wildman–Crippen LogP) is 4.59. The van der Waals surface area contributed by atoms with Gasteiger partial charge < -0.3 is 24.8 Å². The van der Waals surface area contributed by atoms with Crippen molar-refractivity contribution in [3.63, 3.8) is 0 Å². The van der Waals surface area contributed by atoms with E-state index in [0.29, 0.717) is 29.3 Å². The lowest BCUT2D eigenvalue weighted by Gasteiger charge is -2.26.